The lowest BCUT2D eigenvalue weighted by molar-refractivity contribution is -0.142. The molecule has 0 bridgehead atoms. The van der Waals surface area contributed by atoms with Crippen LogP contribution in [0.4, 0.5) is 29.3 Å². The monoisotopic (exact) mass is 340 g/mol. The Balaban J connectivity index is 2.16. The molecular weight excluding hydrogens is 321 g/mol. The summed E-state index contributed by atoms with van der Waals surface area (Å²) in [6, 6.07) is 5.10. The number of benzene rings is 1. The molecule has 0 aliphatic carbocycles. The van der Waals surface area contributed by atoms with Crippen molar-refractivity contribution in [1.29, 1.82) is 0 Å². The maximum atomic E-state index is 12.5. The molecule has 24 heavy (non-hydrogen) atoms. The number of amides is 2. The predicted molar refractivity (Wildman–Crippen MR) is 86.3 cm³/mol. The van der Waals surface area contributed by atoms with Crippen molar-refractivity contribution in [3.05, 3.63) is 40.7 Å². The average Bonchev–Trinajstić information content (AvgIpc) is 2.68. The minimum atomic E-state index is -4.37. The molecule has 0 radical (unpaired) electrons. The molecule has 2 N–H and O–H groups in total. The summed E-state index contributed by atoms with van der Waals surface area (Å²) in [4.78, 5) is 12.2. The number of aryl methyl sites for hydroxylation is 3. The van der Waals surface area contributed by atoms with Gasteiger partial charge in [0.25, 0.3) is 0 Å². The van der Waals surface area contributed by atoms with E-state index in [9.17, 15) is 18.0 Å². The Morgan fingerprint density at radius 3 is 2.46 bits per heavy atom. The van der Waals surface area contributed by atoms with Gasteiger partial charge < -0.3 is 10.6 Å². The molecule has 1 aromatic carbocycles. The number of anilines is 2. The zero-order valence-corrected chi connectivity index (χ0v) is 13.9. The standard InChI is InChI=1S/C16H19F3N4O/c1-9-5-6-10(2)13(7-9)20-15(24)21-14-11(3)22-23(12(14)4)8-16(17,18)19/h5-7H,8H2,1-4H3,(H2,20,21,24). The Kier molecular flexibility index (Phi) is 4.86. The summed E-state index contributed by atoms with van der Waals surface area (Å²) >= 11 is 0. The quantitative estimate of drug-likeness (QED) is 0.874. The molecule has 2 amide bonds. The number of rotatable bonds is 3. The van der Waals surface area contributed by atoms with Crippen LogP contribution in [0.25, 0.3) is 0 Å². The van der Waals surface area contributed by atoms with E-state index in [1.807, 2.05) is 32.0 Å². The molecule has 0 spiro atoms. The molecule has 0 aliphatic rings. The molecule has 2 rings (SSSR count). The first kappa shape index (κ1) is 17.8. The van der Waals surface area contributed by atoms with E-state index in [0.717, 1.165) is 15.8 Å². The van der Waals surface area contributed by atoms with E-state index < -0.39 is 18.8 Å². The predicted octanol–water partition coefficient (Wildman–Crippen LogP) is 4.32. The Morgan fingerprint density at radius 2 is 1.83 bits per heavy atom. The lowest BCUT2D eigenvalue weighted by atomic mass is 10.1. The highest BCUT2D eigenvalue weighted by Crippen LogP contribution is 2.24. The van der Waals surface area contributed by atoms with Gasteiger partial charge in [0.15, 0.2) is 0 Å². The summed E-state index contributed by atoms with van der Waals surface area (Å²) in [5.74, 6) is 0. The number of alkyl halides is 3. The van der Waals surface area contributed by atoms with Crippen molar-refractivity contribution in [1.82, 2.24) is 9.78 Å². The normalized spacial score (nSPS) is 11.5. The number of carbonyl (C=O) groups is 1. The average molecular weight is 340 g/mol. The highest BCUT2D eigenvalue weighted by Gasteiger charge is 2.30. The maximum Gasteiger partial charge on any atom is 0.408 e. The van der Waals surface area contributed by atoms with E-state index in [0.29, 0.717) is 11.4 Å². The molecule has 1 aromatic heterocycles. The first-order valence-electron chi connectivity index (χ1n) is 7.33. The van der Waals surface area contributed by atoms with Crippen molar-refractivity contribution in [2.45, 2.75) is 40.4 Å². The van der Waals surface area contributed by atoms with Gasteiger partial charge in [-0.2, -0.15) is 18.3 Å². The van der Waals surface area contributed by atoms with Gasteiger partial charge in [-0.15, -0.1) is 0 Å². The van der Waals surface area contributed by atoms with Crippen molar-refractivity contribution >= 4 is 17.4 Å². The first-order chi connectivity index (χ1) is 11.1. The van der Waals surface area contributed by atoms with Crippen LogP contribution in [0.15, 0.2) is 18.2 Å². The summed E-state index contributed by atoms with van der Waals surface area (Å²) in [6.45, 7) is 5.59. The third kappa shape index (κ3) is 4.27. The Labute approximate surface area is 137 Å². The SMILES string of the molecule is Cc1ccc(C)c(NC(=O)Nc2c(C)nn(CC(F)(F)F)c2C)c1. The van der Waals surface area contributed by atoms with E-state index >= 15 is 0 Å². The van der Waals surface area contributed by atoms with E-state index in [1.54, 1.807) is 6.92 Å². The Morgan fingerprint density at radius 1 is 1.17 bits per heavy atom. The molecule has 0 saturated heterocycles. The fourth-order valence-electron chi connectivity index (χ4n) is 2.34. The molecule has 8 heteroatoms. The number of urea groups is 1. The summed E-state index contributed by atoms with van der Waals surface area (Å²) in [5, 5.41) is 9.12. The minimum Gasteiger partial charge on any atom is -0.307 e. The van der Waals surface area contributed by atoms with Crippen LogP contribution in [-0.4, -0.2) is 22.0 Å². The van der Waals surface area contributed by atoms with Crippen LogP contribution in [0, 0.1) is 27.7 Å². The van der Waals surface area contributed by atoms with E-state index in [4.69, 9.17) is 0 Å². The smallest absolute Gasteiger partial charge is 0.307 e. The molecule has 130 valence electrons. The van der Waals surface area contributed by atoms with Gasteiger partial charge in [-0.05, 0) is 44.9 Å². The molecule has 5 nitrogen and oxygen atoms in total. The lowest BCUT2D eigenvalue weighted by Gasteiger charge is -2.11. The molecule has 0 unspecified atom stereocenters. The van der Waals surface area contributed by atoms with Gasteiger partial charge in [0.05, 0.1) is 17.1 Å². The zero-order valence-electron chi connectivity index (χ0n) is 13.9. The summed E-state index contributed by atoms with van der Waals surface area (Å²) in [6.07, 6.45) is -4.37. The van der Waals surface area contributed by atoms with Crippen LogP contribution in [0.3, 0.4) is 0 Å². The van der Waals surface area contributed by atoms with Crippen molar-refractivity contribution in [3.63, 3.8) is 0 Å². The van der Waals surface area contributed by atoms with Crippen LogP contribution in [0.2, 0.25) is 0 Å². The molecule has 0 atom stereocenters. The van der Waals surface area contributed by atoms with Gasteiger partial charge in [0.2, 0.25) is 0 Å². The highest BCUT2D eigenvalue weighted by atomic mass is 19.4. The number of nitrogens with zero attached hydrogens (tertiary/aromatic N) is 2. The molecule has 0 fully saturated rings. The number of aromatic nitrogens is 2. The lowest BCUT2D eigenvalue weighted by Crippen LogP contribution is -2.22. The second-order valence-electron chi connectivity index (χ2n) is 5.72. The number of halogens is 3. The topological polar surface area (TPSA) is 59.0 Å². The molecular formula is C16H19F3N4O. The third-order valence-electron chi connectivity index (χ3n) is 3.59. The van der Waals surface area contributed by atoms with E-state index in [2.05, 4.69) is 15.7 Å². The molecule has 0 aliphatic heterocycles. The zero-order chi connectivity index (χ0) is 18.1. The second-order valence-corrected chi connectivity index (χ2v) is 5.72. The molecule has 0 saturated carbocycles. The van der Waals surface area contributed by atoms with Crippen LogP contribution >= 0.6 is 0 Å². The van der Waals surface area contributed by atoms with Crippen LogP contribution < -0.4 is 10.6 Å². The van der Waals surface area contributed by atoms with E-state index in [1.165, 1.54) is 6.92 Å². The van der Waals surface area contributed by atoms with Gasteiger partial charge in [-0.1, -0.05) is 12.1 Å². The fourth-order valence-corrected chi connectivity index (χ4v) is 2.34. The van der Waals surface area contributed by atoms with Crippen molar-refractivity contribution in [2.24, 2.45) is 0 Å². The minimum absolute atomic E-state index is 0.251. The van der Waals surface area contributed by atoms with Crippen LogP contribution in [-0.2, 0) is 6.54 Å². The van der Waals surface area contributed by atoms with Gasteiger partial charge in [0.1, 0.15) is 6.54 Å². The maximum absolute atomic E-state index is 12.5. The third-order valence-corrected chi connectivity index (χ3v) is 3.59. The number of hydrogen-bond acceptors (Lipinski definition) is 2. The van der Waals surface area contributed by atoms with E-state index in [-0.39, 0.29) is 11.4 Å². The van der Waals surface area contributed by atoms with Gasteiger partial charge in [-0.3, -0.25) is 4.68 Å². The summed E-state index contributed by atoms with van der Waals surface area (Å²) in [7, 11) is 0. The van der Waals surface area contributed by atoms with Crippen molar-refractivity contribution < 1.29 is 18.0 Å². The number of hydrogen-bond donors (Lipinski definition) is 2. The largest absolute Gasteiger partial charge is 0.408 e. The number of nitrogens with one attached hydrogen (secondary N) is 2. The van der Waals surface area contributed by atoms with Crippen molar-refractivity contribution in [3.8, 4) is 0 Å². The number of carbonyl (C=O) groups excluding carboxylic acids is 1. The van der Waals surface area contributed by atoms with Crippen LogP contribution in [0.5, 0.6) is 0 Å². The fraction of sp³-hybridized carbons (Fsp3) is 0.375. The molecule has 2 aromatic rings. The highest BCUT2D eigenvalue weighted by molar-refractivity contribution is 6.00. The van der Waals surface area contributed by atoms with Crippen molar-refractivity contribution in [2.75, 3.05) is 10.6 Å². The second kappa shape index (κ2) is 6.54. The Bertz CT molecular complexity index is 765. The summed E-state index contributed by atoms with van der Waals surface area (Å²) in [5.41, 5.74) is 3.37. The first-order valence-corrected chi connectivity index (χ1v) is 7.33. The van der Waals surface area contributed by atoms with Crippen LogP contribution in [0.1, 0.15) is 22.5 Å². The van der Waals surface area contributed by atoms with Gasteiger partial charge in [0, 0.05) is 5.69 Å². The van der Waals surface area contributed by atoms with Gasteiger partial charge >= 0.3 is 12.2 Å². The molecule has 1 heterocycles. The summed E-state index contributed by atoms with van der Waals surface area (Å²) < 4.78 is 38.4. The van der Waals surface area contributed by atoms with Gasteiger partial charge in [-0.25, -0.2) is 4.79 Å². The Hall–Kier alpha value is -2.51.